The summed E-state index contributed by atoms with van der Waals surface area (Å²) in [5.41, 5.74) is 5.58. The number of nitrogens with zero attached hydrogens (tertiary/aromatic N) is 4. The molecular weight excluding hydrogens is 206 g/mol. The smallest absolute Gasteiger partial charge is 0.219 e. The molecule has 86 valence electrons. The molecule has 1 fully saturated rings. The number of carbonyl (C=O) groups is 1. The van der Waals surface area contributed by atoms with Crippen molar-refractivity contribution in [1.82, 2.24) is 14.9 Å². The molecule has 16 heavy (non-hydrogen) atoms. The van der Waals surface area contributed by atoms with E-state index in [0.29, 0.717) is 5.82 Å². The fourth-order valence-corrected chi connectivity index (χ4v) is 1.77. The highest BCUT2D eigenvalue weighted by molar-refractivity contribution is 5.73. The molecule has 0 aliphatic carbocycles. The maximum absolute atomic E-state index is 11.2. The zero-order chi connectivity index (χ0) is 11.5. The molecule has 2 heterocycles. The molecule has 1 amide bonds. The van der Waals surface area contributed by atoms with Gasteiger partial charge in [0.2, 0.25) is 5.91 Å². The van der Waals surface area contributed by atoms with Gasteiger partial charge in [-0.05, 0) is 0 Å². The van der Waals surface area contributed by atoms with Crippen LogP contribution in [0.1, 0.15) is 6.92 Å². The van der Waals surface area contributed by atoms with Crippen molar-refractivity contribution in [2.45, 2.75) is 6.92 Å². The summed E-state index contributed by atoms with van der Waals surface area (Å²) in [6.45, 7) is 4.60. The summed E-state index contributed by atoms with van der Waals surface area (Å²) in [5.74, 6) is 1.33. The molecule has 0 saturated carbocycles. The quantitative estimate of drug-likeness (QED) is 0.706. The Hall–Kier alpha value is -1.85. The van der Waals surface area contributed by atoms with Crippen molar-refractivity contribution in [3.05, 3.63) is 12.4 Å². The number of hydrogen-bond acceptors (Lipinski definition) is 5. The van der Waals surface area contributed by atoms with Crippen molar-refractivity contribution < 1.29 is 4.79 Å². The maximum Gasteiger partial charge on any atom is 0.219 e. The predicted molar refractivity (Wildman–Crippen MR) is 60.9 cm³/mol. The third-order valence-electron chi connectivity index (χ3n) is 2.69. The van der Waals surface area contributed by atoms with E-state index < -0.39 is 0 Å². The monoisotopic (exact) mass is 221 g/mol. The summed E-state index contributed by atoms with van der Waals surface area (Å²) in [7, 11) is 0. The first kappa shape index (κ1) is 10.7. The van der Waals surface area contributed by atoms with Crippen LogP contribution >= 0.6 is 0 Å². The van der Waals surface area contributed by atoms with Crippen molar-refractivity contribution in [2.75, 3.05) is 36.8 Å². The highest BCUT2D eigenvalue weighted by atomic mass is 16.2. The lowest BCUT2D eigenvalue weighted by Crippen LogP contribution is -2.48. The van der Waals surface area contributed by atoms with Crippen LogP contribution in [0.15, 0.2) is 12.4 Å². The minimum Gasteiger partial charge on any atom is -0.382 e. The molecule has 0 atom stereocenters. The van der Waals surface area contributed by atoms with Gasteiger partial charge in [-0.25, -0.2) is 4.98 Å². The molecular formula is C10H15N5O. The zero-order valence-corrected chi connectivity index (χ0v) is 9.26. The zero-order valence-electron chi connectivity index (χ0n) is 9.26. The number of rotatable bonds is 1. The topological polar surface area (TPSA) is 75.4 Å². The average Bonchev–Trinajstić information content (AvgIpc) is 2.29. The molecule has 0 aromatic carbocycles. The van der Waals surface area contributed by atoms with Crippen molar-refractivity contribution >= 4 is 17.5 Å². The second-order valence-electron chi connectivity index (χ2n) is 3.80. The highest BCUT2D eigenvalue weighted by Crippen LogP contribution is 2.13. The van der Waals surface area contributed by atoms with E-state index in [2.05, 4.69) is 14.9 Å². The van der Waals surface area contributed by atoms with E-state index in [1.54, 1.807) is 13.1 Å². The van der Waals surface area contributed by atoms with Crippen LogP contribution in [-0.2, 0) is 4.79 Å². The van der Waals surface area contributed by atoms with Gasteiger partial charge in [0, 0.05) is 33.1 Å². The third kappa shape index (κ3) is 2.21. The Morgan fingerprint density at radius 2 is 2.00 bits per heavy atom. The Morgan fingerprint density at radius 1 is 1.31 bits per heavy atom. The molecule has 1 saturated heterocycles. The Kier molecular flexibility index (Phi) is 2.89. The Bertz CT molecular complexity index is 387. The highest BCUT2D eigenvalue weighted by Gasteiger charge is 2.19. The second-order valence-corrected chi connectivity index (χ2v) is 3.80. The summed E-state index contributed by atoms with van der Waals surface area (Å²) in [6, 6.07) is 0. The fourth-order valence-electron chi connectivity index (χ4n) is 1.77. The SMILES string of the molecule is CC(=O)N1CCN(c2cncc(N)n2)CC1. The lowest BCUT2D eigenvalue weighted by atomic mass is 10.3. The van der Waals surface area contributed by atoms with Crippen LogP contribution in [0, 0.1) is 0 Å². The van der Waals surface area contributed by atoms with Crippen molar-refractivity contribution in [3.63, 3.8) is 0 Å². The Morgan fingerprint density at radius 3 is 2.56 bits per heavy atom. The van der Waals surface area contributed by atoms with E-state index >= 15 is 0 Å². The number of anilines is 2. The number of amides is 1. The molecule has 1 aliphatic heterocycles. The molecule has 0 unspecified atom stereocenters. The van der Waals surface area contributed by atoms with E-state index in [9.17, 15) is 4.79 Å². The first-order valence-corrected chi connectivity index (χ1v) is 5.25. The van der Waals surface area contributed by atoms with Gasteiger partial charge < -0.3 is 15.5 Å². The van der Waals surface area contributed by atoms with Crippen molar-refractivity contribution in [2.24, 2.45) is 0 Å². The Balaban J connectivity index is 2.01. The van der Waals surface area contributed by atoms with E-state index in [1.807, 2.05) is 4.90 Å². The van der Waals surface area contributed by atoms with Gasteiger partial charge in [0.05, 0.1) is 12.4 Å². The van der Waals surface area contributed by atoms with Crippen LogP contribution in [0.4, 0.5) is 11.6 Å². The van der Waals surface area contributed by atoms with Gasteiger partial charge in [0.1, 0.15) is 11.6 Å². The van der Waals surface area contributed by atoms with Crippen LogP contribution in [-0.4, -0.2) is 47.0 Å². The van der Waals surface area contributed by atoms with E-state index in [1.165, 1.54) is 6.20 Å². The van der Waals surface area contributed by atoms with E-state index in [-0.39, 0.29) is 5.91 Å². The minimum absolute atomic E-state index is 0.123. The number of piperazine rings is 1. The largest absolute Gasteiger partial charge is 0.382 e. The van der Waals surface area contributed by atoms with Gasteiger partial charge in [-0.1, -0.05) is 0 Å². The van der Waals surface area contributed by atoms with Gasteiger partial charge in [0.15, 0.2) is 0 Å². The summed E-state index contributed by atoms with van der Waals surface area (Å²) in [6.07, 6.45) is 3.22. The molecule has 0 spiro atoms. The maximum atomic E-state index is 11.2. The van der Waals surface area contributed by atoms with E-state index in [0.717, 1.165) is 32.0 Å². The van der Waals surface area contributed by atoms with Crippen molar-refractivity contribution in [3.8, 4) is 0 Å². The minimum atomic E-state index is 0.123. The summed E-state index contributed by atoms with van der Waals surface area (Å²) >= 11 is 0. The molecule has 6 heteroatoms. The molecule has 1 aromatic heterocycles. The van der Waals surface area contributed by atoms with Gasteiger partial charge in [-0.3, -0.25) is 9.78 Å². The molecule has 6 nitrogen and oxygen atoms in total. The molecule has 0 radical (unpaired) electrons. The number of nitrogens with two attached hydrogens (primary N) is 1. The number of nitrogen functional groups attached to an aromatic ring is 1. The standard InChI is InChI=1S/C10H15N5O/c1-8(16)14-2-4-15(5-3-14)10-7-12-6-9(11)13-10/h6-7H,2-5H2,1H3,(H2,11,13). The predicted octanol–water partition coefficient (Wildman–Crippen LogP) is -0.273. The third-order valence-corrected chi connectivity index (χ3v) is 2.69. The normalized spacial score (nSPS) is 16.3. The Labute approximate surface area is 94.1 Å². The summed E-state index contributed by atoms with van der Waals surface area (Å²) < 4.78 is 0. The molecule has 1 aliphatic rings. The van der Waals surface area contributed by atoms with Crippen LogP contribution in [0.3, 0.4) is 0 Å². The lowest BCUT2D eigenvalue weighted by molar-refractivity contribution is -0.129. The molecule has 0 bridgehead atoms. The molecule has 1 aromatic rings. The van der Waals surface area contributed by atoms with Crippen LogP contribution in [0.25, 0.3) is 0 Å². The number of carbonyl (C=O) groups excluding carboxylic acids is 1. The van der Waals surface area contributed by atoms with Crippen LogP contribution in [0.2, 0.25) is 0 Å². The molecule has 2 N–H and O–H groups in total. The fraction of sp³-hybridized carbons (Fsp3) is 0.500. The second kappa shape index (κ2) is 4.34. The number of aromatic nitrogens is 2. The van der Waals surface area contributed by atoms with Gasteiger partial charge in [0.25, 0.3) is 0 Å². The first-order valence-electron chi connectivity index (χ1n) is 5.25. The van der Waals surface area contributed by atoms with Crippen molar-refractivity contribution in [1.29, 1.82) is 0 Å². The average molecular weight is 221 g/mol. The van der Waals surface area contributed by atoms with Gasteiger partial charge in [-0.15, -0.1) is 0 Å². The van der Waals surface area contributed by atoms with Gasteiger partial charge in [-0.2, -0.15) is 0 Å². The van der Waals surface area contributed by atoms with Crippen LogP contribution in [0.5, 0.6) is 0 Å². The summed E-state index contributed by atoms with van der Waals surface area (Å²) in [5, 5.41) is 0. The summed E-state index contributed by atoms with van der Waals surface area (Å²) in [4.78, 5) is 23.3. The van der Waals surface area contributed by atoms with Crippen LogP contribution < -0.4 is 10.6 Å². The first-order chi connectivity index (χ1) is 7.66. The van der Waals surface area contributed by atoms with Gasteiger partial charge >= 0.3 is 0 Å². The van der Waals surface area contributed by atoms with E-state index in [4.69, 9.17) is 5.73 Å². The lowest BCUT2D eigenvalue weighted by Gasteiger charge is -2.34. The number of hydrogen-bond donors (Lipinski definition) is 1. The molecule has 2 rings (SSSR count).